The number of carbonyl (C=O) groups is 1. The fraction of sp³-hybridized carbons (Fsp3) is 0.393. The van der Waals surface area contributed by atoms with Gasteiger partial charge in [-0.3, -0.25) is 14.4 Å². The number of fused-ring (bicyclic) bond motifs is 1. The first kappa shape index (κ1) is 22.4. The first-order valence-electron chi connectivity index (χ1n) is 12.3. The number of rotatable bonds is 6. The fourth-order valence-electron chi connectivity index (χ4n) is 5.19. The minimum Gasteiger partial charge on any atom is -0.376 e. The van der Waals surface area contributed by atoms with Gasteiger partial charge in [0.2, 0.25) is 0 Å². The summed E-state index contributed by atoms with van der Waals surface area (Å²) in [6.07, 6.45) is 5.16. The van der Waals surface area contributed by atoms with E-state index in [1.807, 2.05) is 35.2 Å². The molecule has 1 saturated heterocycles. The average molecular weight is 458 g/mol. The van der Waals surface area contributed by atoms with Gasteiger partial charge in [-0.15, -0.1) is 0 Å². The lowest BCUT2D eigenvalue weighted by molar-refractivity contribution is 0.0932. The van der Waals surface area contributed by atoms with Crippen LogP contribution in [0.15, 0.2) is 58.1 Å². The number of nitrogens with zero attached hydrogens (tertiary/aromatic N) is 1. The zero-order chi connectivity index (χ0) is 23.7. The van der Waals surface area contributed by atoms with E-state index < -0.39 is 5.43 Å². The van der Waals surface area contributed by atoms with Gasteiger partial charge in [-0.05, 0) is 66.8 Å². The summed E-state index contributed by atoms with van der Waals surface area (Å²) >= 11 is 0. The van der Waals surface area contributed by atoms with Gasteiger partial charge in [0.25, 0.3) is 16.8 Å². The molecule has 1 amide bonds. The number of piperidine rings is 1. The SMILES string of the molecule is CC1CCN(c2c(NCc3ccc(C(=O)N[C@@H]4CCCc5ccccc54)cc3)c(=O)c2=O)CC1. The summed E-state index contributed by atoms with van der Waals surface area (Å²) in [4.78, 5) is 39.3. The standard InChI is InChI=1S/C28H31N3O3/c1-18-13-15-31(16-14-18)25-24(26(32)27(25)33)29-17-19-9-11-21(12-10-19)28(34)30-23-8-4-6-20-5-2-3-7-22(20)23/h2-3,5,7,9-12,18,23,29H,4,6,8,13-17H2,1H3,(H,30,34)/t23-/m1/s1. The number of anilines is 2. The molecule has 1 fully saturated rings. The van der Waals surface area contributed by atoms with Gasteiger partial charge in [0.15, 0.2) is 0 Å². The number of amides is 1. The average Bonchev–Trinajstić information content (AvgIpc) is 2.87. The topological polar surface area (TPSA) is 78.5 Å². The van der Waals surface area contributed by atoms with Crippen LogP contribution in [0.4, 0.5) is 11.4 Å². The summed E-state index contributed by atoms with van der Waals surface area (Å²) in [5.74, 6) is 0.577. The van der Waals surface area contributed by atoms with Crippen molar-refractivity contribution in [2.75, 3.05) is 23.3 Å². The van der Waals surface area contributed by atoms with Crippen molar-refractivity contribution in [1.29, 1.82) is 0 Å². The van der Waals surface area contributed by atoms with Crippen molar-refractivity contribution in [3.8, 4) is 0 Å². The van der Waals surface area contributed by atoms with Gasteiger partial charge < -0.3 is 15.5 Å². The summed E-state index contributed by atoms with van der Waals surface area (Å²) in [6.45, 7) is 4.28. The fourth-order valence-corrected chi connectivity index (χ4v) is 5.19. The van der Waals surface area contributed by atoms with Crippen LogP contribution in [0.5, 0.6) is 0 Å². The molecule has 2 N–H and O–H groups in total. The molecule has 6 nitrogen and oxygen atoms in total. The Balaban J connectivity index is 1.21. The van der Waals surface area contributed by atoms with Gasteiger partial charge >= 0.3 is 0 Å². The van der Waals surface area contributed by atoms with Gasteiger partial charge in [-0.2, -0.15) is 0 Å². The van der Waals surface area contributed by atoms with Crippen molar-refractivity contribution in [1.82, 2.24) is 5.32 Å². The third-order valence-corrected chi connectivity index (χ3v) is 7.35. The molecule has 176 valence electrons. The van der Waals surface area contributed by atoms with Crippen molar-refractivity contribution < 1.29 is 4.79 Å². The Morgan fingerprint density at radius 1 is 0.971 bits per heavy atom. The minimum atomic E-state index is -0.433. The maximum atomic E-state index is 12.9. The highest BCUT2D eigenvalue weighted by molar-refractivity contribution is 5.94. The van der Waals surface area contributed by atoms with Crippen LogP contribution in [-0.2, 0) is 13.0 Å². The molecule has 3 aromatic rings. The summed E-state index contributed by atoms with van der Waals surface area (Å²) in [5, 5.41) is 6.35. The lowest BCUT2D eigenvalue weighted by Crippen LogP contribution is -2.45. The molecule has 0 spiro atoms. The summed E-state index contributed by atoms with van der Waals surface area (Å²) in [7, 11) is 0. The Bertz CT molecular complexity index is 1250. The zero-order valence-electron chi connectivity index (χ0n) is 19.6. The van der Waals surface area contributed by atoms with E-state index in [1.165, 1.54) is 11.1 Å². The van der Waals surface area contributed by atoms with E-state index in [2.05, 4.69) is 35.8 Å². The lowest BCUT2D eigenvalue weighted by Gasteiger charge is -2.33. The van der Waals surface area contributed by atoms with E-state index >= 15 is 0 Å². The molecule has 5 rings (SSSR count). The monoisotopic (exact) mass is 457 g/mol. The van der Waals surface area contributed by atoms with Gasteiger partial charge in [-0.25, -0.2) is 0 Å². The predicted molar refractivity (Wildman–Crippen MR) is 135 cm³/mol. The second-order valence-corrected chi connectivity index (χ2v) is 9.72. The first-order valence-corrected chi connectivity index (χ1v) is 12.3. The van der Waals surface area contributed by atoms with Gasteiger partial charge in [0, 0.05) is 25.2 Å². The van der Waals surface area contributed by atoms with Crippen LogP contribution in [0, 0.1) is 5.92 Å². The Kier molecular flexibility index (Phi) is 6.22. The number of hydrogen-bond acceptors (Lipinski definition) is 5. The summed E-state index contributed by atoms with van der Waals surface area (Å²) in [5.41, 5.74) is 4.26. The highest BCUT2D eigenvalue weighted by Gasteiger charge is 2.28. The van der Waals surface area contributed by atoms with Gasteiger partial charge in [-0.1, -0.05) is 43.3 Å². The van der Waals surface area contributed by atoms with E-state index in [4.69, 9.17) is 0 Å². The Morgan fingerprint density at radius 2 is 1.71 bits per heavy atom. The number of benzene rings is 2. The molecule has 0 unspecified atom stereocenters. The van der Waals surface area contributed by atoms with Crippen molar-refractivity contribution in [2.45, 2.75) is 51.6 Å². The Hall–Kier alpha value is -3.41. The maximum Gasteiger partial charge on any atom is 0.253 e. The molecule has 1 heterocycles. The van der Waals surface area contributed by atoms with Crippen LogP contribution in [0.25, 0.3) is 0 Å². The quantitative estimate of drug-likeness (QED) is 0.548. The molecular formula is C28H31N3O3. The first-order chi connectivity index (χ1) is 16.5. The number of carbonyl (C=O) groups excluding carboxylic acids is 1. The van der Waals surface area contributed by atoms with E-state index in [-0.39, 0.29) is 17.4 Å². The lowest BCUT2D eigenvalue weighted by atomic mass is 9.87. The third-order valence-electron chi connectivity index (χ3n) is 7.35. The number of nitrogens with one attached hydrogen (secondary N) is 2. The molecule has 34 heavy (non-hydrogen) atoms. The Labute approximate surface area is 199 Å². The van der Waals surface area contributed by atoms with Gasteiger partial charge in [0.05, 0.1) is 6.04 Å². The minimum absolute atomic E-state index is 0.0455. The number of aryl methyl sites for hydroxylation is 1. The molecule has 0 bridgehead atoms. The highest BCUT2D eigenvalue weighted by Crippen LogP contribution is 2.30. The molecule has 0 saturated carbocycles. The van der Waals surface area contributed by atoms with Crippen molar-refractivity contribution in [3.63, 3.8) is 0 Å². The van der Waals surface area contributed by atoms with Crippen molar-refractivity contribution in [2.24, 2.45) is 5.92 Å². The molecular weight excluding hydrogens is 426 g/mol. The summed E-state index contributed by atoms with van der Waals surface area (Å²) in [6, 6.07) is 15.8. The van der Waals surface area contributed by atoms with Crippen LogP contribution in [0.1, 0.15) is 65.7 Å². The van der Waals surface area contributed by atoms with Crippen LogP contribution < -0.4 is 26.4 Å². The molecule has 1 aliphatic carbocycles. The van der Waals surface area contributed by atoms with E-state index in [0.29, 0.717) is 29.4 Å². The van der Waals surface area contributed by atoms with Crippen LogP contribution in [0.2, 0.25) is 0 Å². The molecule has 1 atom stereocenters. The molecule has 0 aromatic heterocycles. The largest absolute Gasteiger partial charge is 0.376 e. The number of hydrogen-bond donors (Lipinski definition) is 2. The van der Waals surface area contributed by atoms with Crippen molar-refractivity contribution >= 4 is 17.3 Å². The normalized spacial score (nSPS) is 18.5. The van der Waals surface area contributed by atoms with Crippen LogP contribution >= 0.6 is 0 Å². The maximum absolute atomic E-state index is 12.9. The second-order valence-electron chi connectivity index (χ2n) is 9.72. The van der Waals surface area contributed by atoms with Crippen LogP contribution in [0.3, 0.4) is 0 Å². The van der Waals surface area contributed by atoms with Crippen LogP contribution in [-0.4, -0.2) is 19.0 Å². The molecule has 6 heteroatoms. The third kappa shape index (κ3) is 4.37. The molecule has 1 aliphatic heterocycles. The summed E-state index contributed by atoms with van der Waals surface area (Å²) < 4.78 is 0. The predicted octanol–water partition coefficient (Wildman–Crippen LogP) is 3.94. The van der Waals surface area contributed by atoms with Crippen molar-refractivity contribution in [3.05, 3.63) is 91.2 Å². The highest BCUT2D eigenvalue weighted by atomic mass is 16.2. The molecule has 2 aliphatic rings. The molecule has 0 radical (unpaired) electrons. The Morgan fingerprint density at radius 3 is 2.47 bits per heavy atom. The van der Waals surface area contributed by atoms with Gasteiger partial charge in [0.1, 0.15) is 11.4 Å². The zero-order valence-corrected chi connectivity index (χ0v) is 19.6. The van der Waals surface area contributed by atoms with E-state index in [0.717, 1.165) is 50.8 Å². The smallest absolute Gasteiger partial charge is 0.253 e. The van der Waals surface area contributed by atoms with E-state index in [1.54, 1.807) is 0 Å². The second kappa shape index (κ2) is 9.45. The molecule has 3 aromatic carbocycles. The van der Waals surface area contributed by atoms with E-state index in [9.17, 15) is 14.4 Å².